The first-order chi connectivity index (χ1) is 9.38. The van der Waals surface area contributed by atoms with Gasteiger partial charge in [-0.1, -0.05) is 27.3 Å². The molecular weight excluding hydrogens is 348 g/mol. The first-order valence-corrected chi connectivity index (χ1v) is 6.97. The number of hydrogen-bond donors (Lipinski definition) is 2. The molecule has 1 heterocycles. The lowest BCUT2D eigenvalue weighted by atomic mass is 10.2. The summed E-state index contributed by atoms with van der Waals surface area (Å²) in [5, 5.41) is 13.7. The van der Waals surface area contributed by atoms with E-state index in [-0.39, 0.29) is 16.5 Å². The molecule has 9 heteroatoms. The van der Waals surface area contributed by atoms with Gasteiger partial charge in [0.1, 0.15) is 10.6 Å². The van der Waals surface area contributed by atoms with E-state index in [0.717, 1.165) is 11.3 Å². The van der Waals surface area contributed by atoms with E-state index in [1.807, 2.05) is 0 Å². The van der Waals surface area contributed by atoms with Crippen LogP contribution in [0.1, 0.15) is 15.4 Å². The highest BCUT2D eigenvalue weighted by Crippen LogP contribution is 2.29. The number of carbonyl (C=O) groups excluding carboxylic acids is 1. The quantitative estimate of drug-likeness (QED) is 0.648. The summed E-state index contributed by atoms with van der Waals surface area (Å²) in [7, 11) is 0. The molecular formula is C11H9BrN4O3S. The van der Waals surface area contributed by atoms with E-state index in [0.29, 0.717) is 15.0 Å². The van der Waals surface area contributed by atoms with Gasteiger partial charge in [0.15, 0.2) is 5.13 Å². The van der Waals surface area contributed by atoms with E-state index in [4.69, 9.17) is 5.73 Å². The molecule has 0 fully saturated rings. The molecule has 0 atom stereocenters. The number of nitrogens with one attached hydrogen (secondary N) is 1. The number of aryl methyl sites for hydroxylation is 1. The van der Waals surface area contributed by atoms with Crippen LogP contribution in [-0.2, 0) is 0 Å². The molecule has 3 N–H and O–H groups in total. The highest BCUT2D eigenvalue weighted by molar-refractivity contribution is 9.10. The predicted molar refractivity (Wildman–Crippen MR) is 80.0 cm³/mol. The van der Waals surface area contributed by atoms with Crippen molar-refractivity contribution in [3.05, 3.63) is 43.4 Å². The van der Waals surface area contributed by atoms with Gasteiger partial charge >= 0.3 is 0 Å². The summed E-state index contributed by atoms with van der Waals surface area (Å²) in [6.45, 7) is 1.65. The molecule has 0 radical (unpaired) electrons. The number of hydrogen-bond acceptors (Lipinski definition) is 6. The maximum Gasteiger partial charge on any atom is 0.293 e. The number of carbonyl (C=O) groups is 1. The van der Waals surface area contributed by atoms with Crippen LogP contribution in [0.5, 0.6) is 0 Å². The van der Waals surface area contributed by atoms with Crippen LogP contribution in [0, 0.1) is 17.0 Å². The molecule has 1 amide bonds. The van der Waals surface area contributed by atoms with Crippen LogP contribution in [-0.4, -0.2) is 15.8 Å². The van der Waals surface area contributed by atoms with E-state index < -0.39 is 10.8 Å². The lowest BCUT2D eigenvalue weighted by Crippen LogP contribution is -2.12. The maximum absolute atomic E-state index is 12.1. The zero-order valence-corrected chi connectivity index (χ0v) is 12.6. The minimum Gasteiger partial charge on any atom is -0.375 e. The summed E-state index contributed by atoms with van der Waals surface area (Å²) in [6, 6.07) is 4.39. The number of halogens is 1. The molecule has 0 unspecified atom stereocenters. The van der Waals surface area contributed by atoms with E-state index in [9.17, 15) is 14.9 Å². The Bertz CT molecular complexity index is 701. The number of rotatable bonds is 3. The summed E-state index contributed by atoms with van der Waals surface area (Å²) in [5.74, 6) is -0.470. The van der Waals surface area contributed by atoms with Gasteiger partial charge < -0.3 is 11.1 Å². The third-order valence-electron chi connectivity index (χ3n) is 2.42. The van der Waals surface area contributed by atoms with Crippen LogP contribution in [0.3, 0.4) is 0 Å². The zero-order valence-electron chi connectivity index (χ0n) is 10.2. The second kappa shape index (κ2) is 5.55. The second-order valence-corrected chi connectivity index (χ2v) is 5.79. The predicted octanol–water partition coefficient (Wildman–Crippen LogP) is 2.96. The second-order valence-electron chi connectivity index (χ2n) is 3.84. The van der Waals surface area contributed by atoms with E-state index in [1.165, 1.54) is 12.1 Å². The monoisotopic (exact) mass is 356 g/mol. The molecule has 2 aromatic rings. The van der Waals surface area contributed by atoms with Gasteiger partial charge in [-0.05, 0) is 19.1 Å². The van der Waals surface area contributed by atoms with Crippen molar-refractivity contribution in [1.29, 1.82) is 0 Å². The number of aromatic nitrogens is 1. The van der Waals surface area contributed by atoms with Gasteiger partial charge in [-0.3, -0.25) is 14.9 Å². The number of thiazole rings is 1. The minimum absolute atomic E-state index is 0.120. The molecule has 20 heavy (non-hydrogen) atoms. The van der Waals surface area contributed by atoms with Crippen molar-refractivity contribution >= 4 is 49.7 Å². The number of nitro groups is 1. The first-order valence-electron chi connectivity index (χ1n) is 5.36. The zero-order chi connectivity index (χ0) is 14.9. The van der Waals surface area contributed by atoms with Crippen molar-refractivity contribution < 1.29 is 9.72 Å². The molecule has 0 aliphatic carbocycles. The van der Waals surface area contributed by atoms with Crippen molar-refractivity contribution in [1.82, 2.24) is 4.98 Å². The lowest BCUT2D eigenvalue weighted by Gasteiger charge is -2.05. The number of nitrogen functional groups attached to an aromatic ring is 1. The molecule has 7 nitrogen and oxygen atoms in total. The highest BCUT2D eigenvalue weighted by atomic mass is 79.9. The first kappa shape index (κ1) is 14.4. The fourth-order valence-corrected chi connectivity index (χ4v) is 2.65. The molecule has 1 aromatic carbocycles. The van der Waals surface area contributed by atoms with Crippen molar-refractivity contribution in [2.24, 2.45) is 0 Å². The Kier molecular flexibility index (Phi) is 4.00. The Morgan fingerprint density at radius 1 is 1.55 bits per heavy atom. The van der Waals surface area contributed by atoms with Crippen LogP contribution in [0.2, 0.25) is 0 Å². The average molecular weight is 357 g/mol. The lowest BCUT2D eigenvalue weighted by molar-refractivity contribution is -0.384. The Morgan fingerprint density at radius 2 is 2.25 bits per heavy atom. The molecule has 0 aliphatic heterocycles. The van der Waals surface area contributed by atoms with Gasteiger partial charge in [-0.15, -0.1) is 0 Å². The fourth-order valence-electron chi connectivity index (χ4n) is 1.57. The number of nitrogens with zero attached hydrogens (tertiary/aromatic N) is 2. The van der Waals surface area contributed by atoms with Gasteiger partial charge in [0.05, 0.1) is 10.6 Å². The summed E-state index contributed by atoms with van der Waals surface area (Å²) < 4.78 is 0.556. The minimum atomic E-state index is -0.561. The van der Waals surface area contributed by atoms with Gasteiger partial charge in [0.25, 0.3) is 11.6 Å². The highest BCUT2D eigenvalue weighted by Gasteiger charge is 2.20. The number of anilines is 2. The van der Waals surface area contributed by atoms with Crippen molar-refractivity contribution in [3.8, 4) is 0 Å². The van der Waals surface area contributed by atoms with E-state index in [2.05, 4.69) is 26.2 Å². The Balaban J connectivity index is 2.33. The third kappa shape index (κ3) is 2.94. The largest absolute Gasteiger partial charge is 0.375 e. The van der Waals surface area contributed by atoms with Crippen molar-refractivity contribution in [2.45, 2.75) is 6.92 Å². The smallest absolute Gasteiger partial charge is 0.293 e. The molecule has 0 saturated carbocycles. The summed E-state index contributed by atoms with van der Waals surface area (Å²) >= 11 is 4.18. The van der Waals surface area contributed by atoms with Gasteiger partial charge in [-0.2, -0.15) is 0 Å². The Labute approximate surface area is 126 Å². The number of benzene rings is 1. The van der Waals surface area contributed by atoms with Crippen molar-refractivity contribution in [2.75, 3.05) is 11.1 Å². The van der Waals surface area contributed by atoms with E-state index >= 15 is 0 Å². The molecule has 0 spiro atoms. The summed E-state index contributed by atoms with van der Waals surface area (Å²) in [4.78, 5) is 26.8. The van der Waals surface area contributed by atoms with Crippen LogP contribution >= 0.6 is 27.3 Å². The number of nitro benzene ring substituents is 1. The van der Waals surface area contributed by atoms with Crippen molar-refractivity contribution in [3.63, 3.8) is 0 Å². The maximum atomic E-state index is 12.1. The van der Waals surface area contributed by atoms with Gasteiger partial charge in [0.2, 0.25) is 0 Å². The Morgan fingerprint density at radius 3 is 2.80 bits per heavy atom. The summed E-state index contributed by atoms with van der Waals surface area (Å²) in [6.07, 6.45) is 0. The Hall–Kier alpha value is -2.00. The molecule has 0 bridgehead atoms. The normalized spacial score (nSPS) is 10.3. The van der Waals surface area contributed by atoms with Crippen LogP contribution in [0.15, 0.2) is 22.7 Å². The molecule has 0 saturated heterocycles. The average Bonchev–Trinajstić information content (AvgIpc) is 2.70. The standard InChI is InChI=1S/C11H9BrN4O3S/c1-5-9(20-11(13)14-5)10(17)15-7-3-2-6(12)4-8(7)16(18)19/h2-4H,1H3,(H2,13,14)(H,15,17). The number of nitrogens with two attached hydrogens (primary N) is 1. The topological polar surface area (TPSA) is 111 Å². The van der Waals surface area contributed by atoms with Crippen LogP contribution in [0.4, 0.5) is 16.5 Å². The molecule has 1 aromatic heterocycles. The third-order valence-corrected chi connectivity index (χ3v) is 3.90. The molecule has 104 valence electrons. The fraction of sp³-hybridized carbons (Fsp3) is 0.0909. The SMILES string of the molecule is Cc1nc(N)sc1C(=O)Nc1ccc(Br)cc1[N+](=O)[O-]. The van der Waals surface area contributed by atoms with Gasteiger partial charge in [0, 0.05) is 10.5 Å². The van der Waals surface area contributed by atoms with Crippen LogP contribution < -0.4 is 11.1 Å². The molecule has 0 aliphatic rings. The summed E-state index contributed by atoms with van der Waals surface area (Å²) in [5.41, 5.74) is 5.94. The van der Waals surface area contributed by atoms with E-state index in [1.54, 1.807) is 13.0 Å². The van der Waals surface area contributed by atoms with Crippen LogP contribution in [0.25, 0.3) is 0 Å². The molecule has 2 rings (SSSR count). The number of amides is 1. The van der Waals surface area contributed by atoms with Gasteiger partial charge in [-0.25, -0.2) is 4.98 Å².